The lowest BCUT2D eigenvalue weighted by molar-refractivity contribution is -0.113. The number of methoxy groups -OCH3 is 1. The zero-order valence-corrected chi connectivity index (χ0v) is 22.6. The van der Waals surface area contributed by atoms with Crippen molar-refractivity contribution in [2.45, 2.75) is 27.7 Å². The highest BCUT2D eigenvalue weighted by Crippen LogP contribution is 2.40. The van der Waals surface area contributed by atoms with Gasteiger partial charge in [-0.3, -0.25) is 9.69 Å². The fraction of sp³-hybridized carbons (Fsp3) is 0.185. The molecule has 1 saturated heterocycles. The fourth-order valence-electron chi connectivity index (χ4n) is 3.65. The minimum atomic E-state index is -0.134. The molecule has 1 amide bonds. The van der Waals surface area contributed by atoms with E-state index < -0.39 is 0 Å². The summed E-state index contributed by atoms with van der Waals surface area (Å²) in [5, 5.41) is 10.8. The normalized spacial score (nSPS) is 16.1. The number of hydrogen-bond acceptors (Lipinski definition) is 5. The van der Waals surface area contributed by atoms with Gasteiger partial charge < -0.3 is 9.84 Å². The van der Waals surface area contributed by atoms with Gasteiger partial charge in [0, 0.05) is 0 Å². The SMILES string of the molecule is COc1cc(C=C2SC(=Nc3cc(C)ccc3C)N(c3cc(C)ccc3C)C2=O)cc(I)c1O. The number of amidine groups is 1. The number of aromatic hydroxyl groups is 1. The number of nitrogens with zero attached hydrogens (tertiary/aromatic N) is 2. The van der Waals surface area contributed by atoms with E-state index in [1.165, 1.54) is 18.9 Å². The molecule has 4 rings (SSSR count). The molecule has 0 aliphatic carbocycles. The maximum Gasteiger partial charge on any atom is 0.271 e. The number of aliphatic imine (C=N–C) groups is 1. The summed E-state index contributed by atoms with van der Waals surface area (Å²) in [5.74, 6) is 0.319. The van der Waals surface area contributed by atoms with Crippen molar-refractivity contribution >= 4 is 62.9 Å². The Labute approximate surface area is 217 Å². The number of ether oxygens (including phenoxy) is 1. The number of phenolic OH excluding ortho intramolecular Hbond substituents is 1. The molecule has 1 aliphatic rings. The van der Waals surface area contributed by atoms with Crippen LogP contribution in [-0.4, -0.2) is 23.3 Å². The molecule has 1 aliphatic heterocycles. The summed E-state index contributed by atoms with van der Waals surface area (Å²) in [6.07, 6.45) is 1.82. The standard InChI is InChI=1S/C27H25IN2O3S/c1-15-6-8-17(3)21(10-15)29-27-30(22-11-16(2)7-9-18(22)4)26(32)24(34-27)14-19-12-20(28)25(31)23(13-19)33-5/h6-14,31H,1-5H3. The number of thioether (sulfide) groups is 1. The molecule has 34 heavy (non-hydrogen) atoms. The second-order valence-corrected chi connectivity index (χ2v) is 10.5. The molecule has 1 fully saturated rings. The van der Waals surface area contributed by atoms with E-state index in [4.69, 9.17) is 9.73 Å². The lowest BCUT2D eigenvalue weighted by Crippen LogP contribution is -2.29. The summed E-state index contributed by atoms with van der Waals surface area (Å²) in [7, 11) is 1.51. The van der Waals surface area contributed by atoms with E-state index in [2.05, 4.69) is 28.7 Å². The molecule has 7 heteroatoms. The summed E-state index contributed by atoms with van der Waals surface area (Å²) >= 11 is 3.40. The summed E-state index contributed by atoms with van der Waals surface area (Å²) in [5.41, 5.74) is 6.65. The van der Waals surface area contributed by atoms with Crippen molar-refractivity contribution in [3.8, 4) is 11.5 Å². The molecule has 5 nitrogen and oxygen atoms in total. The molecule has 0 radical (unpaired) electrons. The Balaban J connectivity index is 1.86. The molecule has 0 bridgehead atoms. The molecule has 0 saturated carbocycles. The van der Waals surface area contributed by atoms with E-state index in [9.17, 15) is 9.90 Å². The van der Waals surface area contributed by atoms with Crippen molar-refractivity contribution < 1.29 is 14.6 Å². The highest BCUT2D eigenvalue weighted by atomic mass is 127. The van der Waals surface area contributed by atoms with Crippen LogP contribution >= 0.6 is 34.4 Å². The van der Waals surface area contributed by atoms with Crippen molar-refractivity contribution in [2.24, 2.45) is 4.99 Å². The van der Waals surface area contributed by atoms with E-state index in [1.807, 2.05) is 70.2 Å². The number of hydrogen-bond donors (Lipinski definition) is 1. The number of carbonyl (C=O) groups excluding carboxylic acids is 1. The van der Waals surface area contributed by atoms with Crippen molar-refractivity contribution in [1.82, 2.24) is 0 Å². The van der Waals surface area contributed by atoms with E-state index >= 15 is 0 Å². The smallest absolute Gasteiger partial charge is 0.271 e. The molecule has 3 aromatic rings. The maximum absolute atomic E-state index is 13.7. The highest BCUT2D eigenvalue weighted by Gasteiger charge is 2.35. The van der Waals surface area contributed by atoms with Gasteiger partial charge in [-0.2, -0.15) is 0 Å². The molecule has 174 valence electrons. The lowest BCUT2D eigenvalue weighted by Gasteiger charge is -2.19. The van der Waals surface area contributed by atoms with Gasteiger partial charge in [0.05, 0.1) is 27.0 Å². The van der Waals surface area contributed by atoms with E-state index in [0.717, 1.165) is 39.2 Å². The van der Waals surface area contributed by atoms with Gasteiger partial charge in [0.2, 0.25) is 0 Å². The molecule has 0 aromatic heterocycles. The largest absolute Gasteiger partial charge is 0.504 e. The third-order valence-electron chi connectivity index (χ3n) is 5.56. The highest BCUT2D eigenvalue weighted by molar-refractivity contribution is 14.1. The third-order valence-corrected chi connectivity index (χ3v) is 7.35. The Kier molecular flexibility index (Phi) is 7.04. The van der Waals surface area contributed by atoms with Gasteiger partial charge in [0.25, 0.3) is 5.91 Å². The minimum Gasteiger partial charge on any atom is -0.504 e. The predicted octanol–water partition coefficient (Wildman–Crippen LogP) is 7.05. The summed E-state index contributed by atoms with van der Waals surface area (Å²) in [4.78, 5) is 20.9. The number of benzene rings is 3. The van der Waals surface area contributed by atoms with Crippen LogP contribution in [0.2, 0.25) is 0 Å². The van der Waals surface area contributed by atoms with Gasteiger partial charge >= 0.3 is 0 Å². The molecule has 0 atom stereocenters. The van der Waals surface area contributed by atoms with Crippen molar-refractivity contribution in [2.75, 3.05) is 12.0 Å². The van der Waals surface area contributed by atoms with Crippen LogP contribution in [0.25, 0.3) is 6.08 Å². The Morgan fingerprint density at radius 3 is 2.38 bits per heavy atom. The van der Waals surface area contributed by atoms with Crippen molar-refractivity contribution in [1.29, 1.82) is 0 Å². The molecule has 1 N–H and O–H groups in total. The number of anilines is 1. The number of rotatable bonds is 4. The minimum absolute atomic E-state index is 0.0878. The van der Waals surface area contributed by atoms with E-state index in [0.29, 0.717) is 19.4 Å². The fourth-order valence-corrected chi connectivity index (χ4v) is 5.26. The first kappa shape index (κ1) is 24.3. The van der Waals surface area contributed by atoms with Gasteiger partial charge in [0.1, 0.15) is 0 Å². The van der Waals surface area contributed by atoms with Crippen LogP contribution in [0.4, 0.5) is 11.4 Å². The van der Waals surface area contributed by atoms with Crippen molar-refractivity contribution in [3.63, 3.8) is 0 Å². The monoisotopic (exact) mass is 584 g/mol. The van der Waals surface area contributed by atoms with Crippen LogP contribution in [0.3, 0.4) is 0 Å². The average molecular weight is 584 g/mol. The molecular formula is C27H25IN2O3S. The second kappa shape index (κ2) is 9.84. The van der Waals surface area contributed by atoms with Crippen LogP contribution in [0.15, 0.2) is 58.4 Å². The first-order chi connectivity index (χ1) is 16.2. The van der Waals surface area contributed by atoms with Crippen LogP contribution in [0.1, 0.15) is 27.8 Å². The van der Waals surface area contributed by atoms with Crippen LogP contribution in [0, 0.1) is 31.3 Å². The van der Waals surface area contributed by atoms with Crippen LogP contribution < -0.4 is 9.64 Å². The molecule has 1 heterocycles. The number of carbonyl (C=O) groups is 1. The third kappa shape index (κ3) is 4.86. The van der Waals surface area contributed by atoms with Crippen molar-refractivity contribution in [3.05, 3.63) is 84.8 Å². The quantitative estimate of drug-likeness (QED) is 0.264. The van der Waals surface area contributed by atoms with Gasteiger partial charge in [-0.05, 0) is 120 Å². The van der Waals surface area contributed by atoms with Crippen LogP contribution in [0.5, 0.6) is 11.5 Å². The Morgan fingerprint density at radius 1 is 1.00 bits per heavy atom. The van der Waals surface area contributed by atoms with E-state index in [-0.39, 0.29) is 11.7 Å². The summed E-state index contributed by atoms with van der Waals surface area (Å²) in [6, 6.07) is 15.7. The first-order valence-corrected chi connectivity index (χ1v) is 12.6. The Bertz CT molecular complexity index is 1360. The van der Waals surface area contributed by atoms with Crippen LogP contribution in [-0.2, 0) is 4.79 Å². The molecular weight excluding hydrogens is 559 g/mol. The molecule has 0 spiro atoms. The van der Waals surface area contributed by atoms with Gasteiger partial charge in [-0.25, -0.2) is 4.99 Å². The number of aryl methyl sites for hydroxylation is 4. The second-order valence-electron chi connectivity index (χ2n) is 8.28. The summed E-state index contributed by atoms with van der Waals surface area (Å²) in [6.45, 7) is 8.06. The topological polar surface area (TPSA) is 62.1 Å². The number of phenols is 1. The maximum atomic E-state index is 13.7. The Hall–Kier alpha value is -2.78. The predicted molar refractivity (Wildman–Crippen MR) is 149 cm³/mol. The molecule has 0 unspecified atom stereocenters. The Morgan fingerprint density at radius 2 is 1.68 bits per heavy atom. The zero-order chi connectivity index (χ0) is 24.6. The van der Waals surface area contributed by atoms with Gasteiger partial charge in [-0.15, -0.1) is 0 Å². The average Bonchev–Trinajstić information content (AvgIpc) is 3.09. The first-order valence-electron chi connectivity index (χ1n) is 10.7. The van der Waals surface area contributed by atoms with Gasteiger partial charge in [-0.1, -0.05) is 24.3 Å². The number of amides is 1. The zero-order valence-electron chi connectivity index (χ0n) is 19.6. The number of halogens is 1. The molecule has 3 aromatic carbocycles. The summed E-state index contributed by atoms with van der Waals surface area (Å²) < 4.78 is 5.94. The lowest BCUT2D eigenvalue weighted by atomic mass is 10.1. The van der Waals surface area contributed by atoms with E-state index in [1.54, 1.807) is 11.0 Å². The van der Waals surface area contributed by atoms with Gasteiger partial charge in [0.15, 0.2) is 16.7 Å².